The topological polar surface area (TPSA) is 43.2 Å². The van der Waals surface area contributed by atoms with E-state index in [1.807, 2.05) is 28.9 Å². The Bertz CT molecular complexity index is 962. The van der Waals surface area contributed by atoms with Crippen LogP contribution in [0.4, 0.5) is 4.39 Å². The van der Waals surface area contributed by atoms with Crippen molar-refractivity contribution in [3.63, 3.8) is 0 Å². The lowest BCUT2D eigenvalue weighted by Gasteiger charge is -2.16. The highest BCUT2D eigenvalue weighted by Gasteiger charge is 2.59. The van der Waals surface area contributed by atoms with E-state index in [1.165, 1.54) is 12.1 Å². The number of benzene rings is 2. The maximum Gasteiger partial charge on any atom is 0.186 e. The lowest BCUT2D eigenvalue weighted by Crippen LogP contribution is -2.21. The standard InChI is InChI=1S/C21H21ClFN3OS/c1-14(2)11-28-20-24-13-25-26(20)12-21(15-7-9-16(23)10-8-15)19(27-21)17-5-3-4-6-18(17)22/h3-10,13-14,19H,11-12H2,1-2H3/t19-,21+/m1/s1. The Morgan fingerprint density at radius 2 is 1.96 bits per heavy atom. The molecule has 146 valence electrons. The summed E-state index contributed by atoms with van der Waals surface area (Å²) in [6.07, 6.45) is 1.34. The highest BCUT2D eigenvalue weighted by Crippen LogP contribution is 2.59. The average molecular weight is 418 g/mol. The van der Waals surface area contributed by atoms with Crippen molar-refractivity contribution in [2.24, 2.45) is 5.92 Å². The van der Waals surface area contributed by atoms with Crippen LogP contribution in [0.25, 0.3) is 0 Å². The molecule has 1 fully saturated rings. The molecule has 0 spiro atoms. The van der Waals surface area contributed by atoms with Gasteiger partial charge in [-0.25, -0.2) is 14.1 Å². The van der Waals surface area contributed by atoms with Crippen molar-refractivity contribution < 1.29 is 9.13 Å². The van der Waals surface area contributed by atoms with Gasteiger partial charge in [0.25, 0.3) is 0 Å². The smallest absolute Gasteiger partial charge is 0.186 e. The van der Waals surface area contributed by atoms with Gasteiger partial charge in [-0.2, -0.15) is 5.10 Å². The van der Waals surface area contributed by atoms with Crippen LogP contribution < -0.4 is 0 Å². The number of hydrogen-bond acceptors (Lipinski definition) is 4. The third-order valence-corrected chi connectivity index (χ3v) is 6.48. The van der Waals surface area contributed by atoms with Gasteiger partial charge in [0.1, 0.15) is 23.8 Å². The van der Waals surface area contributed by atoms with Crippen LogP contribution in [0.2, 0.25) is 5.02 Å². The van der Waals surface area contributed by atoms with Crippen molar-refractivity contribution in [3.05, 3.63) is 76.8 Å². The first-order valence-electron chi connectivity index (χ1n) is 9.18. The molecule has 2 heterocycles. The molecule has 1 saturated heterocycles. The molecule has 0 amide bonds. The maximum atomic E-state index is 13.5. The van der Waals surface area contributed by atoms with Gasteiger partial charge in [0.15, 0.2) is 5.16 Å². The van der Waals surface area contributed by atoms with Crippen LogP contribution in [-0.4, -0.2) is 20.5 Å². The van der Waals surface area contributed by atoms with E-state index in [0.29, 0.717) is 17.5 Å². The quantitative estimate of drug-likeness (QED) is 0.377. The summed E-state index contributed by atoms with van der Waals surface area (Å²) in [7, 11) is 0. The molecule has 3 aromatic rings. The first kappa shape index (κ1) is 19.4. The van der Waals surface area contributed by atoms with Crippen LogP contribution in [0, 0.1) is 11.7 Å². The Labute approximate surface area is 173 Å². The molecule has 0 unspecified atom stereocenters. The predicted octanol–water partition coefficient (Wildman–Crippen LogP) is 5.49. The second-order valence-corrected chi connectivity index (χ2v) is 8.72. The lowest BCUT2D eigenvalue weighted by atomic mass is 9.91. The van der Waals surface area contributed by atoms with E-state index < -0.39 is 5.60 Å². The Kier molecular flexibility index (Phi) is 5.45. The van der Waals surface area contributed by atoms with Crippen molar-refractivity contribution in [2.45, 2.75) is 37.3 Å². The molecular formula is C21H21ClFN3OS. The number of ether oxygens (including phenoxy) is 1. The third kappa shape index (κ3) is 3.81. The second kappa shape index (κ2) is 7.85. The van der Waals surface area contributed by atoms with Crippen LogP contribution in [0.1, 0.15) is 31.1 Å². The summed E-state index contributed by atoms with van der Waals surface area (Å²) in [5.74, 6) is 1.23. The highest BCUT2D eigenvalue weighted by molar-refractivity contribution is 7.99. The van der Waals surface area contributed by atoms with Gasteiger partial charge in [0, 0.05) is 16.3 Å². The minimum absolute atomic E-state index is 0.223. The number of halogens is 2. The van der Waals surface area contributed by atoms with Crippen molar-refractivity contribution in [3.8, 4) is 0 Å². The van der Waals surface area contributed by atoms with E-state index in [2.05, 4.69) is 23.9 Å². The zero-order chi connectivity index (χ0) is 19.7. The van der Waals surface area contributed by atoms with Crippen molar-refractivity contribution in [1.29, 1.82) is 0 Å². The highest BCUT2D eigenvalue weighted by atomic mass is 35.5. The normalized spacial score (nSPS) is 21.2. The molecule has 0 N–H and O–H groups in total. The van der Waals surface area contributed by atoms with Gasteiger partial charge >= 0.3 is 0 Å². The van der Waals surface area contributed by atoms with Crippen molar-refractivity contribution >= 4 is 23.4 Å². The van der Waals surface area contributed by atoms with E-state index in [-0.39, 0.29) is 11.9 Å². The van der Waals surface area contributed by atoms with Crippen LogP contribution in [0.15, 0.2) is 60.0 Å². The number of aromatic nitrogens is 3. The van der Waals surface area contributed by atoms with Crippen LogP contribution >= 0.6 is 23.4 Å². The van der Waals surface area contributed by atoms with Crippen LogP contribution in [0.3, 0.4) is 0 Å². The van der Waals surface area contributed by atoms with Crippen LogP contribution in [0.5, 0.6) is 0 Å². The second-order valence-electron chi connectivity index (χ2n) is 7.32. The molecular weight excluding hydrogens is 397 g/mol. The zero-order valence-corrected chi connectivity index (χ0v) is 17.3. The van der Waals surface area contributed by atoms with Gasteiger partial charge in [0.05, 0.1) is 6.54 Å². The first-order chi connectivity index (χ1) is 13.5. The molecule has 7 heteroatoms. The van der Waals surface area contributed by atoms with Gasteiger partial charge in [-0.3, -0.25) is 0 Å². The van der Waals surface area contributed by atoms with Crippen molar-refractivity contribution in [2.75, 3.05) is 5.75 Å². The molecule has 4 nitrogen and oxygen atoms in total. The molecule has 1 aliphatic rings. The molecule has 2 atom stereocenters. The van der Waals surface area contributed by atoms with E-state index >= 15 is 0 Å². The number of nitrogens with zero attached hydrogens (tertiary/aromatic N) is 3. The summed E-state index contributed by atoms with van der Waals surface area (Å²) >= 11 is 8.09. The van der Waals surface area contributed by atoms with E-state index in [4.69, 9.17) is 16.3 Å². The SMILES string of the molecule is CC(C)CSc1ncnn1C[C@@]1(c2ccc(F)cc2)O[C@@H]1c1ccccc1Cl. The molecule has 1 aliphatic heterocycles. The lowest BCUT2D eigenvalue weighted by molar-refractivity contribution is 0.256. The maximum absolute atomic E-state index is 13.5. The fourth-order valence-electron chi connectivity index (χ4n) is 3.28. The summed E-state index contributed by atoms with van der Waals surface area (Å²) in [5, 5.41) is 5.92. The predicted molar refractivity (Wildman–Crippen MR) is 109 cm³/mol. The van der Waals surface area contributed by atoms with E-state index in [9.17, 15) is 4.39 Å². The van der Waals surface area contributed by atoms with E-state index in [1.54, 1.807) is 30.2 Å². The fraction of sp³-hybridized carbons (Fsp3) is 0.333. The molecule has 4 rings (SSSR count). The summed E-state index contributed by atoms with van der Waals surface area (Å²) in [6, 6.07) is 14.1. The molecule has 28 heavy (non-hydrogen) atoms. The minimum Gasteiger partial charge on any atom is -0.354 e. The van der Waals surface area contributed by atoms with Gasteiger partial charge < -0.3 is 4.74 Å². The summed E-state index contributed by atoms with van der Waals surface area (Å²) in [4.78, 5) is 4.40. The Balaban J connectivity index is 1.67. The van der Waals surface area contributed by atoms with Gasteiger partial charge in [-0.1, -0.05) is 67.5 Å². The summed E-state index contributed by atoms with van der Waals surface area (Å²) in [5.41, 5.74) is 1.17. The molecule has 0 saturated carbocycles. The largest absolute Gasteiger partial charge is 0.354 e. The molecule has 1 aromatic heterocycles. The fourth-order valence-corrected chi connectivity index (χ4v) is 4.38. The molecule has 2 aromatic carbocycles. The average Bonchev–Trinajstić information content (AvgIpc) is 3.22. The monoisotopic (exact) mass is 417 g/mol. The zero-order valence-electron chi connectivity index (χ0n) is 15.7. The summed E-state index contributed by atoms with van der Waals surface area (Å²) < 4.78 is 21.6. The molecule has 0 bridgehead atoms. The van der Waals surface area contributed by atoms with Crippen molar-refractivity contribution in [1.82, 2.24) is 14.8 Å². The summed E-state index contributed by atoms with van der Waals surface area (Å²) in [6.45, 7) is 4.82. The number of epoxide rings is 1. The van der Waals surface area contributed by atoms with Gasteiger partial charge in [-0.05, 0) is 29.7 Å². The number of rotatable bonds is 7. The molecule has 0 aliphatic carbocycles. The third-order valence-electron chi connectivity index (χ3n) is 4.73. The van der Waals surface area contributed by atoms with Gasteiger partial charge in [0.2, 0.25) is 0 Å². The number of thioether (sulfide) groups is 1. The Morgan fingerprint density at radius 1 is 1.21 bits per heavy atom. The van der Waals surface area contributed by atoms with Crippen LogP contribution in [-0.2, 0) is 16.9 Å². The Morgan fingerprint density at radius 3 is 2.68 bits per heavy atom. The molecule has 0 radical (unpaired) electrons. The minimum atomic E-state index is -0.653. The van der Waals surface area contributed by atoms with Gasteiger partial charge in [-0.15, -0.1) is 0 Å². The first-order valence-corrected chi connectivity index (χ1v) is 10.5. The Hall–Kier alpha value is -1.89. The van der Waals surface area contributed by atoms with E-state index in [0.717, 1.165) is 22.0 Å². The number of hydrogen-bond donors (Lipinski definition) is 0.